The molecule has 0 aromatic carbocycles. The Balaban J connectivity index is 1.76. The molecule has 3 fully saturated rings. The van der Waals surface area contributed by atoms with Gasteiger partial charge in [-0.15, -0.1) is 0 Å². The molecule has 5 atom stereocenters. The molecule has 18 heavy (non-hydrogen) atoms. The molecule has 0 amide bonds. The molecular formula is C16H26O2. The van der Waals surface area contributed by atoms with E-state index in [1.807, 2.05) is 0 Å². The van der Waals surface area contributed by atoms with E-state index in [1.165, 1.54) is 51.4 Å². The van der Waals surface area contributed by atoms with Crippen LogP contribution in [0.15, 0.2) is 0 Å². The summed E-state index contributed by atoms with van der Waals surface area (Å²) < 4.78 is 5.04. The summed E-state index contributed by atoms with van der Waals surface area (Å²) >= 11 is 0. The lowest BCUT2D eigenvalue weighted by Crippen LogP contribution is -2.44. The quantitative estimate of drug-likeness (QED) is 0.662. The van der Waals surface area contributed by atoms with Gasteiger partial charge in [0.1, 0.15) is 0 Å². The largest absolute Gasteiger partial charge is 0.469 e. The maximum absolute atomic E-state index is 12.0. The van der Waals surface area contributed by atoms with Crippen molar-refractivity contribution in [3.63, 3.8) is 0 Å². The Labute approximate surface area is 110 Å². The van der Waals surface area contributed by atoms with E-state index in [2.05, 4.69) is 0 Å². The summed E-state index contributed by atoms with van der Waals surface area (Å²) in [6.45, 7) is 0. The van der Waals surface area contributed by atoms with E-state index in [-0.39, 0.29) is 11.9 Å². The van der Waals surface area contributed by atoms with Crippen molar-refractivity contribution in [2.75, 3.05) is 7.11 Å². The zero-order chi connectivity index (χ0) is 12.5. The van der Waals surface area contributed by atoms with Gasteiger partial charge in [0.15, 0.2) is 0 Å². The second kappa shape index (κ2) is 5.22. The number of esters is 1. The number of carbonyl (C=O) groups excluding carboxylic acids is 1. The average molecular weight is 250 g/mol. The molecule has 0 radical (unpaired) electrons. The van der Waals surface area contributed by atoms with Crippen LogP contribution in [0.2, 0.25) is 0 Å². The van der Waals surface area contributed by atoms with E-state index >= 15 is 0 Å². The third-order valence-corrected chi connectivity index (χ3v) is 6.01. The molecule has 2 nitrogen and oxygen atoms in total. The zero-order valence-electron chi connectivity index (χ0n) is 11.6. The number of methoxy groups -OCH3 is 1. The van der Waals surface area contributed by atoms with E-state index in [4.69, 9.17) is 4.74 Å². The number of hydrogen-bond acceptors (Lipinski definition) is 2. The van der Waals surface area contributed by atoms with Crippen molar-refractivity contribution in [1.82, 2.24) is 0 Å². The van der Waals surface area contributed by atoms with Crippen molar-refractivity contribution in [3.8, 4) is 0 Å². The lowest BCUT2D eigenvalue weighted by atomic mass is 9.55. The number of fused-ring (bicyclic) bond motifs is 3. The Morgan fingerprint density at radius 2 is 1.61 bits per heavy atom. The number of rotatable bonds is 1. The smallest absolute Gasteiger partial charge is 0.308 e. The molecule has 3 rings (SSSR count). The second-order valence-electron chi connectivity index (χ2n) is 6.67. The van der Waals surface area contributed by atoms with Gasteiger partial charge in [-0.05, 0) is 55.8 Å². The van der Waals surface area contributed by atoms with E-state index < -0.39 is 0 Å². The maximum Gasteiger partial charge on any atom is 0.308 e. The summed E-state index contributed by atoms with van der Waals surface area (Å²) in [5.74, 6) is 3.68. The molecule has 0 N–H and O–H groups in total. The summed E-state index contributed by atoms with van der Waals surface area (Å²) in [4.78, 5) is 12.0. The van der Waals surface area contributed by atoms with Crippen molar-refractivity contribution < 1.29 is 9.53 Å². The first-order valence-electron chi connectivity index (χ1n) is 7.89. The van der Waals surface area contributed by atoms with Gasteiger partial charge in [0, 0.05) is 0 Å². The predicted molar refractivity (Wildman–Crippen MR) is 71.0 cm³/mol. The molecule has 3 aliphatic carbocycles. The lowest BCUT2D eigenvalue weighted by molar-refractivity contribution is -0.152. The third kappa shape index (κ3) is 2.08. The minimum atomic E-state index is 0.0685. The van der Waals surface area contributed by atoms with Gasteiger partial charge in [-0.2, -0.15) is 0 Å². The van der Waals surface area contributed by atoms with Gasteiger partial charge < -0.3 is 4.74 Å². The molecule has 0 spiro atoms. The summed E-state index contributed by atoms with van der Waals surface area (Å²) in [5.41, 5.74) is 0. The van der Waals surface area contributed by atoms with Crippen LogP contribution >= 0.6 is 0 Å². The minimum absolute atomic E-state index is 0.0685. The molecule has 0 heterocycles. The summed E-state index contributed by atoms with van der Waals surface area (Å²) in [7, 11) is 1.55. The number of carbonyl (C=O) groups is 1. The van der Waals surface area contributed by atoms with Gasteiger partial charge in [0.2, 0.25) is 0 Å². The fraction of sp³-hybridized carbons (Fsp3) is 0.938. The first kappa shape index (κ1) is 12.5. The molecular weight excluding hydrogens is 224 g/mol. The highest BCUT2D eigenvalue weighted by Crippen LogP contribution is 2.53. The van der Waals surface area contributed by atoms with Crippen LogP contribution in [0.1, 0.15) is 57.8 Å². The molecule has 0 aromatic rings. The fourth-order valence-corrected chi connectivity index (χ4v) is 5.26. The SMILES string of the molecule is COC(=O)[C@H]1CCCC2C3CCCCC3CCC21. The van der Waals surface area contributed by atoms with Gasteiger partial charge >= 0.3 is 5.97 Å². The van der Waals surface area contributed by atoms with Crippen LogP contribution < -0.4 is 0 Å². The second-order valence-corrected chi connectivity index (χ2v) is 6.67. The molecule has 3 aliphatic rings. The van der Waals surface area contributed by atoms with Crippen LogP contribution in [0.4, 0.5) is 0 Å². The van der Waals surface area contributed by atoms with Crippen molar-refractivity contribution in [2.45, 2.75) is 57.8 Å². The number of ether oxygens (including phenoxy) is 1. The molecule has 0 aliphatic heterocycles. The van der Waals surface area contributed by atoms with E-state index in [0.717, 1.165) is 24.2 Å². The monoisotopic (exact) mass is 250 g/mol. The Hall–Kier alpha value is -0.530. The molecule has 2 heteroatoms. The van der Waals surface area contributed by atoms with Crippen LogP contribution in [-0.2, 0) is 9.53 Å². The first-order valence-corrected chi connectivity index (χ1v) is 7.89. The lowest BCUT2D eigenvalue weighted by Gasteiger charge is -2.50. The maximum atomic E-state index is 12.0. The topological polar surface area (TPSA) is 26.3 Å². The van der Waals surface area contributed by atoms with E-state index in [9.17, 15) is 4.79 Å². The average Bonchev–Trinajstić information content (AvgIpc) is 2.45. The van der Waals surface area contributed by atoms with Crippen molar-refractivity contribution >= 4 is 5.97 Å². The molecule has 0 saturated heterocycles. The van der Waals surface area contributed by atoms with Gasteiger partial charge in [-0.25, -0.2) is 0 Å². The molecule has 102 valence electrons. The molecule has 0 aromatic heterocycles. The van der Waals surface area contributed by atoms with Crippen molar-refractivity contribution in [1.29, 1.82) is 0 Å². The predicted octanol–water partition coefficient (Wildman–Crippen LogP) is 3.79. The zero-order valence-corrected chi connectivity index (χ0v) is 11.6. The highest BCUT2D eigenvalue weighted by Gasteiger charge is 2.46. The Bertz CT molecular complexity index is 312. The van der Waals surface area contributed by atoms with Crippen LogP contribution in [-0.4, -0.2) is 13.1 Å². The van der Waals surface area contributed by atoms with E-state index in [0.29, 0.717) is 5.92 Å². The fourth-order valence-electron chi connectivity index (χ4n) is 5.26. The Morgan fingerprint density at radius 3 is 2.44 bits per heavy atom. The van der Waals surface area contributed by atoms with Gasteiger partial charge in [0.25, 0.3) is 0 Å². The molecule has 0 bridgehead atoms. The Morgan fingerprint density at radius 1 is 0.833 bits per heavy atom. The van der Waals surface area contributed by atoms with E-state index in [1.54, 1.807) is 7.11 Å². The highest BCUT2D eigenvalue weighted by molar-refractivity contribution is 5.72. The molecule has 3 saturated carbocycles. The minimum Gasteiger partial charge on any atom is -0.469 e. The molecule has 4 unspecified atom stereocenters. The van der Waals surface area contributed by atoms with Crippen molar-refractivity contribution in [2.24, 2.45) is 29.6 Å². The normalized spacial score (nSPS) is 43.7. The van der Waals surface area contributed by atoms with Crippen LogP contribution in [0, 0.1) is 29.6 Å². The van der Waals surface area contributed by atoms with Gasteiger partial charge in [-0.3, -0.25) is 4.79 Å². The summed E-state index contributed by atoms with van der Waals surface area (Å²) in [6.07, 6.45) is 12.1. The van der Waals surface area contributed by atoms with Crippen LogP contribution in [0.25, 0.3) is 0 Å². The van der Waals surface area contributed by atoms with Crippen LogP contribution in [0.3, 0.4) is 0 Å². The van der Waals surface area contributed by atoms with Crippen molar-refractivity contribution in [3.05, 3.63) is 0 Å². The summed E-state index contributed by atoms with van der Waals surface area (Å²) in [6, 6.07) is 0. The number of hydrogen-bond donors (Lipinski definition) is 0. The Kier molecular flexibility index (Phi) is 3.63. The van der Waals surface area contributed by atoms with Crippen LogP contribution in [0.5, 0.6) is 0 Å². The first-order chi connectivity index (χ1) is 8.81. The van der Waals surface area contributed by atoms with Gasteiger partial charge in [-0.1, -0.05) is 25.7 Å². The highest BCUT2D eigenvalue weighted by atomic mass is 16.5. The standard InChI is InChI=1S/C16H26O2/c1-18-16(17)15-8-4-7-13-12-6-3-2-5-11(12)9-10-14(13)15/h11-15H,2-10H2,1H3/t11?,12?,13?,14?,15-/m0/s1. The van der Waals surface area contributed by atoms with Gasteiger partial charge in [0.05, 0.1) is 13.0 Å². The third-order valence-electron chi connectivity index (χ3n) is 6.01. The summed E-state index contributed by atoms with van der Waals surface area (Å²) in [5, 5.41) is 0.